The van der Waals surface area contributed by atoms with Crippen LogP contribution in [-0.4, -0.2) is 76.9 Å². The molecule has 0 aliphatic carbocycles. The van der Waals surface area contributed by atoms with Crippen molar-refractivity contribution in [3.63, 3.8) is 0 Å². The van der Waals surface area contributed by atoms with E-state index in [9.17, 15) is 28.8 Å². The second kappa shape index (κ2) is 42.8. The number of halogens is 3. The molecule has 0 amide bonds. The summed E-state index contributed by atoms with van der Waals surface area (Å²) in [4.78, 5) is 73.4. The molecule has 18 nitrogen and oxygen atoms in total. The van der Waals surface area contributed by atoms with Crippen LogP contribution in [-0.2, 0) is 14.2 Å². The van der Waals surface area contributed by atoms with Crippen molar-refractivity contribution in [2.75, 3.05) is 52.9 Å². The molecule has 0 saturated carbocycles. The third-order valence-corrected chi connectivity index (χ3v) is 17.9. The van der Waals surface area contributed by atoms with Crippen molar-refractivity contribution >= 4 is 85.6 Å². The Bertz CT molecular complexity index is 4130. The number of esters is 3. The lowest BCUT2D eigenvalue weighted by Crippen LogP contribution is -2.26. The predicted octanol–water partition coefficient (Wildman–Crippen LogP) is 19.9. The Balaban J connectivity index is 0.591. The fourth-order valence-corrected chi connectivity index (χ4v) is 12.1. The summed E-state index contributed by atoms with van der Waals surface area (Å²) in [5.74, 6) is 0.488. The Kier molecular flexibility index (Phi) is 32.6. The van der Waals surface area contributed by atoms with Gasteiger partial charge in [0.1, 0.15) is 57.4 Å². The van der Waals surface area contributed by atoms with E-state index in [0.29, 0.717) is 118 Å². The highest BCUT2D eigenvalue weighted by Gasteiger charge is 2.18. The van der Waals surface area contributed by atoms with Crippen molar-refractivity contribution in [2.24, 2.45) is 0 Å². The maximum absolute atomic E-state index is 12.9. The van der Waals surface area contributed by atoms with Crippen LogP contribution in [0.3, 0.4) is 0 Å². The number of hydrogen-bond donors (Lipinski definition) is 0. The summed E-state index contributed by atoms with van der Waals surface area (Å²) in [6.07, 6.45) is 25.7. The first kappa shape index (κ1) is 77.7. The van der Waals surface area contributed by atoms with E-state index in [0.717, 1.165) is 154 Å². The average Bonchev–Trinajstić information content (AvgIpc) is 0.834. The molecule has 21 heteroatoms. The van der Waals surface area contributed by atoms with Crippen molar-refractivity contribution in [2.45, 2.75) is 160 Å². The highest BCUT2D eigenvalue weighted by Crippen LogP contribution is 2.31. The van der Waals surface area contributed by atoms with Gasteiger partial charge in [0.25, 0.3) is 0 Å². The maximum atomic E-state index is 12.9. The molecule has 0 aliphatic rings. The fourth-order valence-electron chi connectivity index (χ4n) is 11.4. The molecule has 0 saturated heterocycles. The van der Waals surface area contributed by atoms with Crippen molar-refractivity contribution in [3.8, 4) is 34.5 Å². The van der Waals surface area contributed by atoms with E-state index in [1.807, 2.05) is 0 Å². The van der Waals surface area contributed by atoms with Crippen LogP contribution >= 0.6 is 34.8 Å². The minimum absolute atomic E-state index is 0.123. The van der Waals surface area contributed by atoms with Gasteiger partial charge < -0.3 is 55.9 Å². The number of rotatable bonds is 47. The highest BCUT2D eigenvalue weighted by molar-refractivity contribution is 6.33. The number of carbonyl (C=O) groups is 3. The van der Waals surface area contributed by atoms with E-state index in [4.69, 9.17) is 90.7 Å². The van der Waals surface area contributed by atoms with Crippen LogP contribution in [0.1, 0.15) is 185 Å². The SMILES string of the molecule is O=C(Oc1ccc2ccc(=O)oc2c1)c1ccc(OCCCCCCCCCCOCC(COCCCCCCCCCCOc2ccc(C(=O)Oc3ccc4ccc(=O)oc4c3)cc2Cl)OCCCCCCCCCCOc2ccc(C(=O)Oc3ccc4ccc(=O)oc4c3)cc2Cl)c(Cl)c1. The summed E-state index contributed by atoms with van der Waals surface area (Å²) in [5, 5.41) is 3.10. The topological polar surface area (TPSA) is 225 Å². The van der Waals surface area contributed by atoms with Crippen molar-refractivity contribution in [1.82, 2.24) is 0 Å². The normalized spacial score (nSPS) is 11.4. The molecule has 9 aromatic rings. The molecule has 9 rings (SSSR count). The van der Waals surface area contributed by atoms with Gasteiger partial charge in [-0.3, -0.25) is 0 Å². The van der Waals surface area contributed by atoms with E-state index >= 15 is 0 Å². The Morgan fingerprint density at radius 2 is 0.569 bits per heavy atom. The number of unbranched alkanes of at least 4 members (excludes halogenated alkanes) is 21. The molecule has 3 heterocycles. The zero-order valence-electron chi connectivity index (χ0n) is 57.5. The van der Waals surface area contributed by atoms with Gasteiger partial charge in [0.15, 0.2) is 0 Å². The Morgan fingerprint density at radius 1 is 0.304 bits per heavy atom. The zero-order valence-corrected chi connectivity index (χ0v) is 59.8. The minimum Gasteiger partial charge on any atom is -0.492 e. The molecule has 102 heavy (non-hydrogen) atoms. The molecule has 6 aromatic carbocycles. The van der Waals surface area contributed by atoms with Gasteiger partial charge in [-0.15, -0.1) is 0 Å². The van der Waals surface area contributed by atoms with E-state index < -0.39 is 34.8 Å². The summed E-state index contributed by atoms with van der Waals surface area (Å²) in [6.45, 7) is 4.60. The molecule has 0 unspecified atom stereocenters. The molecule has 0 spiro atoms. The Morgan fingerprint density at radius 3 is 0.863 bits per heavy atom. The summed E-state index contributed by atoms with van der Waals surface area (Å²) in [5.41, 5.74) is 0.321. The molecular weight excluding hydrogens is 1370 g/mol. The standard InChI is InChI=1S/C81H89Cl3O18/c82-67-49-60(79(88)97-63-34-25-57-31-40-76(85)100-73(57)52-63)28-37-70(67)94-46-22-16-10-3-1-7-13-19-43-91-55-66(93-45-21-15-9-5-6-12-18-24-48-96-72-39-30-62(51-69(72)84)81(90)99-65-36-27-59-33-42-78(87)102-75(59)54-65)56-92-44-20-14-8-2-4-11-17-23-47-95-71-38-29-61(50-68(71)83)80(89)98-64-35-26-58-32-41-77(86)101-74(58)53-64/h25-42,49-54,66H,1-24,43-48,55-56H2. The summed E-state index contributed by atoms with van der Waals surface area (Å²) in [6, 6.07) is 37.9. The van der Waals surface area contributed by atoms with Crippen LogP contribution in [0.2, 0.25) is 15.1 Å². The number of hydrogen-bond acceptors (Lipinski definition) is 18. The van der Waals surface area contributed by atoms with Crippen molar-refractivity contribution < 1.29 is 70.3 Å². The van der Waals surface area contributed by atoms with Gasteiger partial charge in [-0.05, 0) is 148 Å². The molecule has 0 fully saturated rings. The van der Waals surface area contributed by atoms with Gasteiger partial charge in [0, 0.05) is 72.4 Å². The largest absolute Gasteiger partial charge is 0.492 e. The smallest absolute Gasteiger partial charge is 0.343 e. The molecule has 3 aromatic heterocycles. The van der Waals surface area contributed by atoms with E-state index in [2.05, 4.69) is 0 Å². The number of carbonyl (C=O) groups excluding carboxylic acids is 3. The lowest BCUT2D eigenvalue weighted by atomic mass is 10.1. The van der Waals surface area contributed by atoms with Gasteiger partial charge in [-0.1, -0.05) is 150 Å². The van der Waals surface area contributed by atoms with E-state index in [1.165, 1.54) is 54.6 Å². The fraction of sp³-hybridized carbons (Fsp3) is 0.407. The van der Waals surface area contributed by atoms with Crippen LogP contribution in [0.5, 0.6) is 34.5 Å². The van der Waals surface area contributed by atoms with Crippen LogP contribution in [0.25, 0.3) is 32.9 Å². The van der Waals surface area contributed by atoms with Gasteiger partial charge in [-0.2, -0.15) is 0 Å². The Labute approximate surface area is 608 Å². The zero-order chi connectivity index (χ0) is 71.5. The van der Waals surface area contributed by atoms with Gasteiger partial charge in [0.2, 0.25) is 0 Å². The highest BCUT2D eigenvalue weighted by atomic mass is 35.5. The van der Waals surface area contributed by atoms with Gasteiger partial charge in [0.05, 0.1) is 64.8 Å². The lowest BCUT2D eigenvalue weighted by molar-refractivity contribution is -0.0616. The predicted molar refractivity (Wildman–Crippen MR) is 395 cm³/mol. The van der Waals surface area contributed by atoms with Crippen LogP contribution in [0.15, 0.2) is 173 Å². The molecule has 0 bridgehead atoms. The van der Waals surface area contributed by atoms with Gasteiger partial charge in [-0.25, -0.2) is 28.8 Å². The van der Waals surface area contributed by atoms with Crippen molar-refractivity contribution in [3.05, 3.63) is 209 Å². The average molecular weight is 1460 g/mol. The summed E-state index contributed by atoms with van der Waals surface area (Å²) in [7, 11) is 0. The van der Waals surface area contributed by atoms with Gasteiger partial charge >= 0.3 is 34.8 Å². The lowest BCUT2D eigenvalue weighted by Gasteiger charge is -2.18. The first-order valence-electron chi connectivity index (χ1n) is 35.6. The molecule has 0 N–H and O–H groups in total. The van der Waals surface area contributed by atoms with E-state index in [-0.39, 0.29) is 40.0 Å². The monoisotopic (exact) mass is 1450 g/mol. The quantitative estimate of drug-likeness (QED) is 0.0150. The summed E-state index contributed by atoms with van der Waals surface area (Å²) >= 11 is 19.5. The van der Waals surface area contributed by atoms with Crippen LogP contribution in [0.4, 0.5) is 0 Å². The second-order valence-corrected chi connectivity index (χ2v) is 26.4. The molecule has 542 valence electrons. The number of fused-ring (bicyclic) bond motifs is 3. The maximum Gasteiger partial charge on any atom is 0.343 e. The third-order valence-electron chi connectivity index (χ3n) is 17.1. The number of benzene rings is 6. The second-order valence-electron chi connectivity index (χ2n) is 25.1. The molecule has 0 radical (unpaired) electrons. The first-order chi connectivity index (χ1) is 49.8. The number of ether oxygens (including phenoxy) is 9. The Hall–Kier alpha value is -8.49. The van der Waals surface area contributed by atoms with E-state index in [1.54, 1.807) is 91.0 Å². The molecule has 0 aliphatic heterocycles. The minimum atomic E-state index is -0.593. The summed E-state index contributed by atoms with van der Waals surface area (Å²) < 4.78 is 68.7. The van der Waals surface area contributed by atoms with Crippen LogP contribution in [0, 0.1) is 0 Å². The van der Waals surface area contributed by atoms with Crippen molar-refractivity contribution in [1.29, 1.82) is 0 Å². The third kappa shape index (κ3) is 26.7. The van der Waals surface area contributed by atoms with Crippen LogP contribution < -0.4 is 45.3 Å². The molecule has 0 atom stereocenters. The molecular formula is C81H89Cl3O18. The first-order valence-corrected chi connectivity index (χ1v) is 36.8.